The first-order valence-corrected chi connectivity index (χ1v) is 7.45. The fourth-order valence-corrected chi connectivity index (χ4v) is 2.64. The molecular formula is C15H22BN3O2. The maximum atomic E-state index is 6.14. The summed E-state index contributed by atoms with van der Waals surface area (Å²) in [7, 11) is -0.355. The molecule has 0 radical (unpaired) electrons. The summed E-state index contributed by atoms with van der Waals surface area (Å²) in [5.41, 5.74) is 3.41. The lowest BCUT2D eigenvalue weighted by Crippen LogP contribution is -2.41. The number of aromatic nitrogens is 3. The zero-order chi connectivity index (χ0) is 15.4. The summed E-state index contributed by atoms with van der Waals surface area (Å²) in [4.78, 5) is 0. The van der Waals surface area contributed by atoms with Gasteiger partial charge in [-0.2, -0.15) is 0 Å². The fraction of sp³-hybridized carbons (Fsp3) is 0.600. The number of aryl methyl sites for hydroxylation is 2. The highest BCUT2D eigenvalue weighted by molar-refractivity contribution is 6.63. The molecule has 3 rings (SSSR count). The summed E-state index contributed by atoms with van der Waals surface area (Å²) in [6.07, 6.45) is 0. The molecule has 0 N–H and O–H groups in total. The van der Waals surface area contributed by atoms with Crippen LogP contribution in [0.5, 0.6) is 0 Å². The molecule has 1 fully saturated rings. The molecule has 2 heterocycles. The second-order valence-electron chi connectivity index (χ2n) is 6.64. The zero-order valence-corrected chi connectivity index (χ0v) is 13.6. The summed E-state index contributed by atoms with van der Waals surface area (Å²) < 4.78 is 14.2. The van der Waals surface area contributed by atoms with Crippen molar-refractivity contribution < 1.29 is 9.31 Å². The van der Waals surface area contributed by atoms with E-state index >= 15 is 0 Å². The molecule has 1 aromatic heterocycles. The van der Waals surface area contributed by atoms with Crippen LogP contribution in [0.3, 0.4) is 0 Å². The smallest absolute Gasteiger partial charge is 0.399 e. The quantitative estimate of drug-likeness (QED) is 0.793. The Hall–Kier alpha value is -1.40. The largest absolute Gasteiger partial charge is 0.495 e. The Morgan fingerprint density at radius 3 is 2.33 bits per heavy atom. The van der Waals surface area contributed by atoms with Gasteiger partial charge in [0.05, 0.1) is 16.7 Å². The van der Waals surface area contributed by atoms with E-state index in [9.17, 15) is 0 Å². The number of hydrogen-bond donors (Lipinski definition) is 0. The van der Waals surface area contributed by atoms with Crippen LogP contribution < -0.4 is 5.46 Å². The molecule has 0 aliphatic carbocycles. The summed E-state index contributed by atoms with van der Waals surface area (Å²) in [6, 6.07) is 4.11. The van der Waals surface area contributed by atoms with E-state index in [1.807, 2.05) is 10.7 Å². The Kier molecular flexibility index (Phi) is 3.15. The van der Waals surface area contributed by atoms with E-state index in [1.54, 1.807) is 0 Å². The molecule has 0 unspecified atom stereocenters. The molecule has 112 valence electrons. The van der Waals surface area contributed by atoms with Crippen LogP contribution in [0, 0.1) is 6.92 Å². The van der Waals surface area contributed by atoms with Crippen molar-refractivity contribution in [2.45, 2.75) is 59.3 Å². The Morgan fingerprint density at radius 2 is 1.76 bits per heavy atom. The predicted molar refractivity (Wildman–Crippen MR) is 83.7 cm³/mol. The maximum Gasteiger partial charge on any atom is 0.495 e. The van der Waals surface area contributed by atoms with Crippen molar-refractivity contribution in [2.24, 2.45) is 0 Å². The molecular weight excluding hydrogens is 265 g/mol. The van der Waals surface area contributed by atoms with Crippen molar-refractivity contribution in [3.05, 3.63) is 17.7 Å². The van der Waals surface area contributed by atoms with Gasteiger partial charge in [-0.15, -0.1) is 5.10 Å². The Morgan fingerprint density at radius 1 is 1.14 bits per heavy atom. The molecule has 21 heavy (non-hydrogen) atoms. The molecule has 6 heteroatoms. The lowest BCUT2D eigenvalue weighted by molar-refractivity contribution is 0.00578. The third-order valence-corrected chi connectivity index (χ3v) is 4.79. The van der Waals surface area contributed by atoms with Crippen LogP contribution in [-0.4, -0.2) is 33.3 Å². The van der Waals surface area contributed by atoms with E-state index in [-0.39, 0.29) is 18.3 Å². The van der Waals surface area contributed by atoms with Gasteiger partial charge in [-0.3, -0.25) is 0 Å². The highest BCUT2D eigenvalue weighted by Crippen LogP contribution is 2.36. The molecule has 0 spiro atoms. The van der Waals surface area contributed by atoms with E-state index in [0.29, 0.717) is 0 Å². The first kappa shape index (κ1) is 14.5. The van der Waals surface area contributed by atoms with Gasteiger partial charge < -0.3 is 9.31 Å². The second-order valence-corrected chi connectivity index (χ2v) is 6.64. The number of fused-ring (bicyclic) bond motifs is 1. The molecule has 1 aromatic carbocycles. The van der Waals surface area contributed by atoms with Crippen LogP contribution in [0.25, 0.3) is 11.0 Å². The molecule has 1 saturated heterocycles. The zero-order valence-electron chi connectivity index (χ0n) is 13.6. The molecule has 0 atom stereocenters. The van der Waals surface area contributed by atoms with Crippen LogP contribution in [0.4, 0.5) is 0 Å². The van der Waals surface area contributed by atoms with Crippen molar-refractivity contribution in [2.75, 3.05) is 0 Å². The lowest BCUT2D eigenvalue weighted by Gasteiger charge is -2.32. The van der Waals surface area contributed by atoms with Crippen molar-refractivity contribution in [3.63, 3.8) is 0 Å². The number of rotatable bonds is 2. The van der Waals surface area contributed by atoms with E-state index < -0.39 is 0 Å². The van der Waals surface area contributed by atoms with Gasteiger partial charge in [-0.25, -0.2) is 4.68 Å². The molecule has 5 nitrogen and oxygen atoms in total. The molecule has 0 bridgehead atoms. The fourth-order valence-electron chi connectivity index (χ4n) is 2.64. The number of benzene rings is 1. The van der Waals surface area contributed by atoms with Gasteiger partial charge in [-0.1, -0.05) is 11.3 Å². The SMILES string of the molecule is CCn1nnc2c(C)c(B3OC(C)(C)C(C)(C)O3)ccc21. The Balaban J connectivity index is 2.05. The van der Waals surface area contributed by atoms with Crippen molar-refractivity contribution >= 4 is 23.6 Å². The van der Waals surface area contributed by atoms with Gasteiger partial charge >= 0.3 is 7.12 Å². The van der Waals surface area contributed by atoms with Gasteiger partial charge in [0.25, 0.3) is 0 Å². The van der Waals surface area contributed by atoms with Gasteiger partial charge in [0.15, 0.2) is 0 Å². The Labute approximate surface area is 125 Å². The average Bonchev–Trinajstić information content (AvgIpc) is 2.89. The minimum Gasteiger partial charge on any atom is -0.399 e. The van der Waals surface area contributed by atoms with E-state index in [0.717, 1.165) is 28.6 Å². The van der Waals surface area contributed by atoms with Crippen molar-refractivity contribution in [1.29, 1.82) is 0 Å². The highest BCUT2D eigenvalue weighted by Gasteiger charge is 2.52. The third-order valence-electron chi connectivity index (χ3n) is 4.79. The maximum absolute atomic E-state index is 6.14. The summed E-state index contributed by atoms with van der Waals surface area (Å²) in [5.74, 6) is 0. The topological polar surface area (TPSA) is 49.2 Å². The second kappa shape index (κ2) is 4.55. The highest BCUT2D eigenvalue weighted by atomic mass is 16.7. The number of nitrogens with zero attached hydrogens (tertiary/aromatic N) is 3. The molecule has 0 saturated carbocycles. The van der Waals surface area contributed by atoms with Gasteiger partial charge in [0.1, 0.15) is 5.52 Å². The van der Waals surface area contributed by atoms with Crippen LogP contribution in [-0.2, 0) is 15.9 Å². The van der Waals surface area contributed by atoms with Gasteiger partial charge in [-0.05, 0) is 58.6 Å². The minimum atomic E-state index is -0.355. The molecule has 2 aromatic rings. The average molecular weight is 287 g/mol. The van der Waals surface area contributed by atoms with Crippen LogP contribution in [0.1, 0.15) is 40.2 Å². The van der Waals surface area contributed by atoms with Crippen molar-refractivity contribution in [3.8, 4) is 0 Å². The monoisotopic (exact) mass is 287 g/mol. The van der Waals surface area contributed by atoms with E-state index in [4.69, 9.17) is 9.31 Å². The van der Waals surface area contributed by atoms with Crippen LogP contribution in [0.15, 0.2) is 12.1 Å². The summed E-state index contributed by atoms with van der Waals surface area (Å²) in [5, 5.41) is 8.48. The van der Waals surface area contributed by atoms with Crippen molar-refractivity contribution in [1.82, 2.24) is 15.0 Å². The van der Waals surface area contributed by atoms with Crippen LogP contribution >= 0.6 is 0 Å². The summed E-state index contributed by atoms with van der Waals surface area (Å²) >= 11 is 0. The van der Waals surface area contributed by atoms with Gasteiger partial charge in [0, 0.05) is 6.54 Å². The predicted octanol–water partition coefficient (Wildman–Crippen LogP) is 2.06. The Bertz CT molecular complexity index is 678. The van der Waals surface area contributed by atoms with E-state index in [1.165, 1.54) is 0 Å². The number of hydrogen-bond acceptors (Lipinski definition) is 4. The first-order chi connectivity index (χ1) is 9.77. The lowest BCUT2D eigenvalue weighted by atomic mass is 9.76. The van der Waals surface area contributed by atoms with Crippen LogP contribution in [0.2, 0.25) is 0 Å². The first-order valence-electron chi connectivity index (χ1n) is 7.45. The van der Waals surface area contributed by atoms with E-state index in [2.05, 4.69) is 57.9 Å². The minimum absolute atomic E-state index is 0.333. The molecule has 1 aliphatic rings. The summed E-state index contributed by atoms with van der Waals surface area (Å²) in [6.45, 7) is 13.2. The standard InChI is InChI=1S/C15H22BN3O2/c1-7-19-12-9-8-11(10(2)13(12)17-18-19)16-20-14(3,4)15(5,6)21-16/h8-9H,7H2,1-6H3. The third kappa shape index (κ3) is 2.08. The van der Waals surface area contributed by atoms with Gasteiger partial charge in [0.2, 0.25) is 0 Å². The molecule has 0 amide bonds. The molecule has 1 aliphatic heterocycles. The normalized spacial score (nSPS) is 20.4.